The van der Waals surface area contributed by atoms with Gasteiger partial charge in [0, 0.05) is 22.6 Å². The van der Waals surface area contributed by atoms with Gasteiger partial charge in [0.25, 0.3) is 0 Å². The summed E-state index contributed by atoms with van der Waals surface area (Å²) >= 11 is 1.70. The molecular formula is C18H16O2S. The van der Waals surface area contributed by atoms with Crippen LogP contribution in [0.15, 0.2) is 60.0 Å². The molecule has 1 saturated carbocycles. The molecule has 0 aliphatic heterocycles. The van der Waals surface area contributed by atoms with Crippen molar-refractivity contribution in [2.24, 2.45) is 5.92 Å². The summed E-state index contributed by atoms with van der Waals surface area (Å²) in [7, 11) is 0. The molecule has 1 aromatic heterocycles. The molecule has 2 aromatic carbocycles. The molecule has 0 spiro atoms. The smallest absolute Gasteiger partial charge is 0.149 e. The summed E-state index contributed by atoms with van der Waals surface area (Å²) in [6, 6.07) is 18.5. The van der Waals surface area contributed by atoms with Crippen molar-refractivity contribution in [2.45, 2.75) is 12.0 Å². The van der Waals surface area contributed by atoms with Gasteiger partial charge in [-0.15, -0.1) is 11.3 Å². The van der Waals surface area contributed by atoms with E-state index >= 15 is 0 Å². The van der Waals surface area contributed by atoms with Gasteiger partial charge < -0.3 is 9.84 Å². The number of aliphatic hydroxyl groups excluding tert-OH is 1. The zero-order chi connectivity index (χ0) is 14.3. The molecule has 4 rings (SSSR count). The lowest BCUT2D eigenvalue weighted by Crippen LogP contribution is -2.19. The van der Waals surface area contributed by atoms with Crippen molar-refractivity contribution < 1.29 is 9.84 Å². The van der Waals surface area contributed by atoms with E-state index in [1.165, 1.54) is 10.3 Å². The Morgan fingerprint density at radius 1 is 1.10 bits per heavy atom. The first-order valence-corrected chi connectivity index (χ1v) is 8.03. The summed E-state index contributed by atoms with van der Waals surface area (Å²) < 4.78 is 6.42. The molecule has 106 valence electrons. The van der Waals surface area contributed by atoms with E-state index in [9.17, 15) is 5.11 Å². The van der Waals surface area contributed by atoms with Crippen molar-refractivity contribution in [3.05, 3.63) is 64.9 Å². The monoisotopic (exact) mass is 296 g/mol. The van der Waals surface area contributed by atoms with E-state index in [1.54, 1.807) is 11.3 Å². The van der Waals surface area contributed by atoms with Crippen LogP contribution >= 0.6 is 11.3 Å². The normalized spacial score (nSPS) is 24.1. The van der Waals surface area contributed by atoms with E-state index in [-0.39, 0.29) is 18.1 Å². The molecule has 1 aliphatic rings. The highest BCUT2D eigenvalue weighted by molar-refractivity contribution is 7.10. The Kier molecular flexibility index (Phi) is 2.98. The van der Waals surface area contributed by atoms with Gasteiger partial charge >= 0.3 is 0 Å². The minimum absolute atomic E-state index is 0.169. The average molecular weight is 296 g/mol. The molecule has 0 saturated heterocycles. The third-order valence-corrected chi connectivity index (χ3v) is 5.28. The number of thiophene rings is 1. The van der Waals surface area contributed by atoms with Crippen LogP contribution in [0.25, 0.3) is 10.8 Å². The van der Waals surface area contributed by atoms with Crippen molar-refractivity contribution in [1.82, 2.24) is 0 Å². The predicted octanol–water partition coefficient (Wildman–Crippen LogP) is 4.19. The average Bonchev–Trinajstić information content (AvgIpc) is 2.97. The van der Waals surface area contributed by atoms with E-state index in [0.29, 0.717) is 0 Å². The fourth-order valence-electron chi connectivity index (χ4n) is 3.00. The Morgan fingerprint density at radius 3 is 2.71 bits per heavy atom. The van der Waals surface area contributed by atoms with Crippen LogP contribution in [0.4, 0.5) is 0 Å². The first-order valence-electron chi connectivity index (χ1n) is 7.15. The molecule has 3 aromatic rings. The number of benzene rings is 2. The predicted molar refractivity (Wildman–Crippen MR) is 85.8 cm³/mol. The second kappa shape index (κ2) is 4.86. The van der Waals surface area contributed by atoms with Crippen molar-refractivity contribution in [2.75, 3.05) is 6.61 Å². The summed E-state index contributed by atoms with van der Waals surface area (Å²) in [6.07, 6.45) is 0.882. The zero-order valence-electron chi connectivity index (χ0n) is 11.5. The number of hydrogen-bond acceptors (Lipinski definition) is 3. The zero-order valence-corrected chi connectivity index (χ0v) is 12.3. The maximum absolute atomic E-state index is 9.56. The Morgan fingerprint density at radius 2 is 1.95 bits per heavy atom. The van der Waals surface area contributed by atoms with E-state index in [4.69, 9.17) is 4.74 Å². The SMILES string of the molecule is OC[C@H]1C[C@]1(Oc1cccc2ccccc12)c1cccs1. The lowest BCUT2D eigenvalue weighted by atomic mass is 10.1. The summed E-state index contributed by atoms with van der Waals surface area (Å²) in [6.45, 7) is 0.169. The number of aliphatic hydroxyl groups is 1. The van der Waals surface area contributed by atoms with E-state index < -0.39 is 0 Å². The van der Waals surface area contributed by atoms with Gasteiger partial charge in [0.15, 0.2) is 0 Å². The lowest BCUT2D eigenvalue weighted by Gasteiger charge is -2.20. The fourth-order valence-corrected chi connectivity index (χ4v) is 3.95. The number of hydrogen-bond donors (Lipinski definition) is 1. The lowest BCUT2D eigenvalue weighted by molar-refractivity contribution is 0.141. The van der Waals surface area contributed by atoms with Gasteiger partial charge in [0.2, 0.25) is 0 Å². The minimum Gasteiger partial charge on any atom is -0.481 e. The van der Waals surface area contributed by atoms with Gasteiger partial charge in [-0.3, -0.25) is 0 Å². The molecule has 0 radical (unpaired) electrons. The molecule has 2 atom stereocenters. The summed E-state index contributed by atoms with van der Waals surface area (Å²) in [5.74, 6) is 1.09. The van der Waals surface area contributed by atoms with Crippen molar-refractivity contribution in [3.8, 4) is 5.75 Å². The van der Waals surface area contributed by atoms with Crippen LogP contribution < -0.4 is 4.74 Å². The van der Waals surface area contributed by atoms with Crippen molar-refractivity contribution in [1.29, 1.82) is 0 Å². The van der Waals surface area contributed by atoms with Gasteiger partial charge in [-0.2, -0.15) is 0 Å². The molecule has 1 fully saturated rings. The Hall–Kier alpha value is -1.84. The van der Waals surface area contributed by atoms with Crippen LogP contribution in [0.3, 0.4) is 0 Å². The highest BCUT2D eigenvalue weighted by atomic mass is 32.1. The van der Waals surface area contributed by atoms with Crippen LogP contribution in [0.2, 0.25) is 0 Å². The molecule has 1 aliphatic carbocycles. The number of ether oxygens (including phenoxy) is 1. The Labute approximate surface area is 127 Å². The number of rotatable bonds is 4. The molecule has 3 heteroatoms. The molecule has 0 amide bonds. The van der Waals surface area contributed by atoms with Gasteiger partial charge in [0.05, 0.1) is 6.61 Å². The molecule has 1 N–H and O–H groups in total. The van der Waals surface area contributed by atoms with Crippen molar-refractivity contribution >= 4 is 22.1 Å². The van der Waals surface area contributed by atoms with Gasteiger partial charge in [-0.25, -0.2) is 0 Å². The summed E-state index contributed by atoms with van der Waals surface area (Å²) in [5.41, 5.74) is -0.340. The third kappa shape index (κ3) is 2.04. The molecule has 0 bridgehead atoms. The highest BCUT2D eigenvalue weighted by Gasteiger charge is 2.58. The molecule has 1 heterocycles. The van der Waals surface area contributed by atoms with E-state index in [0.717, 1.165) is 17.6 Å². The molecule has 21 heavy (non-hydrogen) atoms. The first kappa shape index (κ1) is 12.9. The quantitative estimate of drug-likeness (QED) is 0.782. The van der Waals surface area contributed by atoms with Crippen LogP contribution in [-0.4, -0.2) is 11.7 Å². The fraction of sp³-hybridized carbons (Fsp3) is 0.222. The minimum atomic E-state index is -0.340. The van der Waals surface area contributed by atoms with Gasteiger partial charge in [0.1, 0.15) is 11.4 Å². The Balaban J connectivity index is 1.77. The largest absolute Gasteiger partial charge is 0.481 e. The topological polar surface area (TPSA) is 29.5 Å². The highest BCUT2D eigenvalue weighted by Crippen LogP contribution is 2.56. The van der Waals surface area contributed by atoms with Crippen LogP contribution in [0.5, 0.6) is 5.75 Å². The summed E-state index contributed by atoms with van der Waals surface area (Å²) in [4.78, 5) is 1.20. The summed E-state index contributed by atoms with van der Waals surface area (Å²) in [5, 5.41) is 13.9. The van der Waals surface area contributed by atoms with Crippen LogP contribution in [0.1, 0.15) is 11.3 Å². The van der Waals surface area contributed by atoms with Crippen LogP contribution in [0, 0.1) is 5.92 Å². The van der Waals surface area contributed by atoms with Gasteiger partial charge in [-0.1, -0.05) is 42.5 Å². The standard InChI is InChI=1S/C18H16O2S/c19-12-14-11-18(14,17-9-4-10-21-17)20-16-8-3-6-13-5-1-2-7-15(13)16/h1-10,14,19H,11-12H2/t14-,18-/m1/s1. The van der Waals surface area contributed by atoms with Gasteiger partial charge in [-0.05, 0) is 22.9 Å². The third-order valence-electron chi connectivity index (χ3n) is 4.25. The maximum atomic E-state index is 9.56. The maximum Gasteiger partial charge on any atom is 0.149 e. The van der Waals surface area contributed by atoms with Crippen molar-refractivity contribution in [3.63, 3.8) is 0 Å². The van der Waals surface area contributed by atoms with Crippen LogP contribution in [-0.2, 0) is 5.60 Å². The second-order valence-electron chi connectivity index (χ2n) is 5.53. The second-order valence-corrected chi connectivity index (χ2v) is 6.48. The molecular weight excluding hydrogens is 280 g/mol. The number of fused-ring (bicyclic) bond motifs is 1. The Bertz CT molecular complexity index is 760. The van der Waals surface area contributed by atoms with E-state index in [1.807, 2.05) is 30.3 Å². The molecule has 0 unspecified atom stereocenters. The van der Waals surface area contributed by atoms with E-state index in [2.05, 4.69) is 29.6 Å². The first-order chi connectivity index (χ1) is 10.3. The molecule has 2 nitrogen and oxygen atoms in total.